The highest BCUT2D eigenvalue weighted by molar-refractivity contribution is 7.14. The first-order valence-electron chi connectivity index (χ1n) is 9.56. The zero-order valence-electron chi connectivity index (χ0n) is 16.1. The van der Waals surface area contributed by atoms with Crippen LogP contribution in [0.5, 0.6) is 0 Å². The van der Waals surface area contributed by atoms with Gasteiger partial charge >= 0.3 is 5.97 Å². The number of aliphatic carboxylic acids is 1. The molecule has 1 aliphatic carbocycles. The zero-order valence-corrected chi connectivity index (χ0v) is 17.7. The molecule has 0 spiro atoms. The predicted octanol–water partition coefficient (Wildman–Crippen LogP) is 5.65. The quantitative estimate of drug-likeness (QED) is 0.612. The van der Waals surface area contributed by atoms with Crippen LogP contribution in [0.2, 0.25) is 0 Å². The van der Waals surface area contributed by atoms with Crippen LogP contribution < -0.4 is 4.90 Å². The zero-order chi connectivity index (χ0) is 18.5. The van der Waals surface area contributed by atoms with Gasteiger partial charge in [-0.15, -0.1) is 23.7 Å². The van der Waals surface area contributed by atoms with Gasteiger partial charge in [0.2, 0.25) is 0 Å². The van der Waals surface area contributed by atoms with E-state index in [9.17, 15) is 4.79 Å². The number of halogens is 1. The van der Waals surface area contributed by atoms with Crippen LogP contribution in [0.3, 0.4) is 0 Å². The summed E-state index contributed by atoms with van der Waals surface area (Å²) in [5.41, 5.74) is 3.47. The number of carbonyl (C=O) groups is 1. The molecule has 1 heterocycles. The lowest BCUT2D eigenvalue weighted by Crippen LogP contribution is -2.35. The molecular formula is C21H29ClN2O2S. The molecule has 4 nitrogen and oxygen atoms in total. The van der Waals surface area contributed by atoms with Gasteiger partial charge in [-0.05, 0) is 30.7 Å². The Morgan fingerprint density at radius 3 is 2.52 bits per heavy atom. The highest BCUT2D eigenvalue weighted by Crippen LogP contribution is 2.33. The first kappa shape index (κ1) is 21.7. The largest absolute Gasteiger partial charge is 0.481 e. The molecule has 0 radical (unpaired) electrons. The first-order chi connectivity index (χ1) is 12.5. The molecule has 3 rings (SSSR count). The van der Waals surface area contributed by atoms with Gasteiger partial charge in [0.05, 0.1) is 12.1 Å². The van der Waals surface area contributed by atoms with Crippen LogP contribution in [0.4, 0.5) is 5.13 Å². The molecule has 0 bridgehead atoms. The van der Waals surface area contributed by atoms with E-state index in [0.29, 0.717) is 18.5 Å². The van der Waals surface area contributed by atoms with E-state index in [4.69, 9.17) is 10.1 Å². The van der Waals surface area contributed by atoms with Crippen LogP contribution in [-0.4, -0.2) is 28.6 Å². The maximum Gasteiger partial charge on any atom is 0.305 e. The molecule has 0 atom stereocenters. The average molecular weight is 409 g/mol. The van der Waals surface area contributed by atoms with Crippen LogP contribution in [0, 0.1) is 5.92 Å². The first-order valence-corrected chi connectivity index (χ1v) is 10.4. The van der Waals surface area contributed by atoms with Crippen molar-refractivity contribution in [1.82, 2.24) is 4.98 Å². The molecule has 1 fully saturated rings. The number of nitrogens with zero attached hydrogens (tertiary/aromatic N) is 2. The number of carboxylic acid groups (broad SMARTS) is 1. The average Bonchev–Trinajstić information content (AvgIpc) is 3.27. The highest BCUT2D eigenvalue weighted by Gasteiger charge is 2.25. The number of carboxylic acids is 1. The third-order valence-electron chi connectivity index (χ3n) is 4.96. The third kappa shape index (κ3) is 5.94. The van der Waals surface area contributed by atoms with Gasteiger partial charge in [0.1, 0.15) is 0 Å². The number of thiazole rings is 1. The van der Waals surface area contributed by atoms with Crippen LogP contribution >= 0.6 is 23.7 Å². The third-order valence-corrected chi connectivity index (χ3v) is 5.84. The number of hydrogen-bond donors (Lipinski definition) is 1. The van der Waals surface area contributed by atoms with Crippen LogP contribution in [0.15, 0.2) is 29.6 Å². The minimum atomic E-state index is -0.745. The summed E-state index contributed by atoms with van der Waals surface area (Å²) in [4.78, 5) is 18.1. The fourth-order valence-electron chi connectivity index (χ4n) is 3.68. The molecule has 0 aliphatic heterocycles. The van der Waals surface area contributed by atoms with E-state index < -0.39 is 5.97 Å². The minimum absolute atomic E-state index is 0. The van der Waals surface area contributed by atoms with Crippen molar-refractivity contribution in [2.24, 2.45) is 5.92 Å². The van der Waals surface area contributed by atoms with Crippen molar-refractivity contribution < 1.29 is 9.90 Å². The summed E-state index contributed by atoms with van der Waals surface area (Å²) >= 11 is 1.63. The standard InChI is InChI=1S/C21H28N2O2S.ClH/c1-15(2)13-16-7-9-17(10-8-16)19-14-26-21(22-19)23(12-11-20(24)25)18-5-3-4-6-18;/h7-10,14-15,18H,3-6,11-13H2,1-2H3,(H,24,25);1H. The molecule has 2 aromatic rings. The summed E-state index contributed by atoms with van der Waals surface area (Å²) < 4.78 is 0. The Bertz CT molecular complexity index is 724. The van der Waals surface area contributed by atoms with Crippen LogP contribution in [0.25, 0.3) is 11.3 Å². The normalized spacial score (nSPS) is 14.3. The molecule has 27 heavy (non-hydrogen) atoms. The molecule has 1 aromatic heterocycles. The summed E-state index contributed by atoms with van der Waals surface area (Å²) in [6.45, 7) is 5.00. The molecule has 1 aromatic carbocycles. The second kappa shape index (κ2) is 10.1. The van der Waals surface area contributed by atoms with Gasteiger partial charge in [-0.1, -0.05) is 51.0 Å². The monoisotopic (exact) mass is 408 g/mol. The van der Waals surface area contributed by atoms with Crippen molar-refractivity contribution in [2.75, 3.05) is 11.4 Å². The van der Waals surface area contributed by atoms with Crippen LogP contribution in [-0.2, 0) is 11.2 Å². The number of anilines is 1. The molecule has 1 saturated carbocycles. The second-order valence-corrected chi connectivity index (χ2v) is 8.42. The molecule has 1 aliphatic rings. The number of aromatic nitrogens is 1. The Morgan fingerprint density at radius 1 is 1.26 bits per heavy atom. The molecule has 0 saturated heterocycles. The van der Waals surface area contributed by atoms with Gasteiger partial charge in [-0.2, -0.15) is 0 Å². The van der Waals surface area contributed by atoms with Crippen molar-refractivity contribution in [1.29, 1.82) is 0 Å². The maximum atomic E-state index is 11.0. The Hall–Kier alpha value is -1.59. The fourth-order valence-corrected chi connectivity index (χ4v) is 4.61. The lowest BCUT2D eigenvalue weighted by atomic mass is 10.0. The molecule has 6 heteroatoms. The Morgan fingerprint density at radius 2 is 1.93 bits per heavy atom. The predicted molar refractivity (Wildman–Crippen MR) is 115 cm³/mol. The summed E-state index contributed by atoms with van der Waals surface area (Å²) in [5.74, 6) is -0.0913. The Kier molecular flexibility index (Phi) is 8.11. The molecule has 1 N–H and O–H groups in total. The smallest absolute Gasteiger partial charge is 0.305 e. The van der Waals surface area contributed by atoms with E-state index in [2.05, 4.69) is 48.4 Å². The van der Waals surface area contributed by atoms with E-state index >= 15 is 0 Å². The van der Waals surface area contributed by atoms with E-state index in [1.54, 1.807) is 11.3 Å². The van der Waals surface area contributed by atoms with E-state index in [0.717, 1.165) is 35.7 Å². The molecular weight excluding hydrogens is 380 g/mol. The summed E-state index contributed by atoms with van der Waals surface area (Å²) in [5, 5.41) is 12.1. The van der Waals surface area contributed by atoms with E-state index in [1.165, 1.54) is 18.4 Å². The van der Waals surface area contributed by atoms with Gasteiger partial charge < -0.3 is 10.0 Å². The van der Waals surface area contributed by atoms with E-state index in [1.807, 2.05) is 0 Å². The molecule has 0 amide bonds. The van der Waals surface area contributed by atoms with Crippen LogP contribution in [0.1, 0.15) is 51.5 Å². The Balaban J connectivity index is 0.00000261. The van der Waals surface area contributed by atoms with Crippen molar-refractivity contribution in [3.05, 3.63) is 35.2 Å². The summed E-state index contributed by atoms with van der Waals surface area (Å²) in [7, 11) is 0. The van der Waals surface area contributed by atoms with Crippen molar-refractivity contribution in [3.8, 4) is 11.3 Å². The lowest BCUT2D eigenvalue weighted by molar-refractivity contribution is -0.136. The topological polar surface area (TPSA) is 53.4 Å². The number of rotatable bonds is 8. The van der Waals surface area contributed by atoms with Gasteiger partial charge in [0, 0.05) is 23.5 Å². The van der Waals surface area contributed by atoms with Gasteiger partial charge in [0.25, 0.3) is 0 Å². The van der Waals surface area contributed by atoms with Crippen molar-refractivity contribution in [3.63, 3.8) is 0 Å². The molecule has 148 valence electrons. The van der Waals surface area contributed by atoms with Gasteiger partial charge in [0.15, 0.2) is 5.13 Å². The van der Waals surface area contributed by atoms with Crippen molar-refractivity contribution in [2.45, 2.75) is 58.4 Å². The van der Waals surface area contributed by atoms with Crippen molar-refractivity contribution >= 4 is 34.8 Å². The molecule has 0 unspecified atom stereocenters. The van der Waals surface area contributed by atoms with E-state index in [-0.39, 0.29) is 18.8 Å². The second-order valence-electron chi connectivity index (χ2n) is 7.59. The maximum absolute atomic E-state index is 11.0. The minimum Gasteiger partial charge on any atom is -0.481 e. The highest BCUT2D eigenvalue weighted by atomic mass is 35.5. The Labute approximate surface area is 172 Å². The number of benzene rings is 1. The van der Waals surface area contributed by atoms with Gasteiger partial charge in [-0.25, -0.2) is 4.98 Å². The summed E-state index contributed by atoms with van der Waals surface area (Å²) in [6.07, 6.45) is 5.98. The lowest BCUT2D eigenvalue weighted by Gasteiger charge is -2.28. The summed E-state index contributed by atoms with van der Waals surface area (Å²) in [6, 6.07) is 9.10. The SMILES string of the molecule is CC(C)Cc1ccc(-c2csc(N(CCC(=O)O)C3CCCC3)n2)cc1.Cl. The number of hydrogen-bond acceptors (Lipinski definition) is 4. The fraction of sp³-hybridized carbons (Fsp3) is 0.524. The van der Waals surface area contributed by atoms with Gasteiger partial charge in [-0.3, -0.25) is 4.79 Å².